The molecule has 2 heterocycles. The number of methoxy groups -OCH3 is 1. The predicted octanol–water partition coefficient (Wildman–Crippen LogP) is 2.63. The minimum Gasteiger partial charge on any atom is -0.453 e. The van der Waals surface area contributed by atoms with Crippen LogP contribution in [0.15, 0.2) is 54.9 Å². The molecule has 0 fully saturated rings. The number of allylic oxidation sites excluding steroid dienone is 1. The Hall–Kier alpha value is -4.78. The molecule has 0 bridgehead atoms. The smallest absolute Gasteiger partial charge is 0.411 e. The van der Waals surface area contributed by atoms with E-state index in [2.05, 4.69) is 41.5 Å². The normalized spacial score (nSPS) is 16.3. The van der Waals surface area contributed by atoms with E-state index in [1.54, 1.807) is 30.4 Å². The van der Waals surface area contributed by atoms with Crippen LogP contribution in [0.4, 0.5) is 16.2 Å². The van der Waals surface area contributed by atoms with Crippen LogP contribution in [0.25, 0.3) is 5.69 Å². The number of tetrazole rings is 1. The third-order valence-corrected chi connectivity index (χ3v) is 6.23. The number of ether oxygens (including phenoxy) is 1. The predicted molar refractivity (Wildman–Crippen MR) is 146 cm³/mol. The third-order valence-electron chi connectivity index (χ3n) is 6.00. The SMILES string of the molecule is COC(=O)Nc1ccc2c(c1)NC(=O)CC/C=C/C[C@H](C(=O)NCCc1cc(Cl)ccc1-n1cnnn1)NC2=O. The summed E-state index contributed by atoms with van der Waals surface area (Å²) in [6.45, 7) is 0.263. The number of rotatable bonds is 6. The maximum atomic E-state index is 13.2. The molecular formula is C26H27ClN8O5. The van der Waals surface area contributed by atoms with E-state index in [0.717, 1.165) is 11.3 Å². The summed E-state index contributed by atoms with van der Waals surface area (Å²) in [4.78, 5) is 50.4. The number of nitrogens with one attached hydrogen (secondary N) is 4. The van der Waals surface area contributed by atoms with Gasteiger partial charge in [-0.3, -0.25) is 19.7 Å². The number of hydrogen-bond acceptors (Lipinski definition) is 8. The van der Waals surface area contributed by atoms with Gasteiger partial charge in [-0.25, -0.2) is 9.48 Å². The summed E-state index contributed by atoms with van der Waals surface area (Å²) in [6, 6.07) is 8.81. The molecule has 4 rings (SSSR count). The van der Waals surface area contributed by atoms with Crippen molar-refractivity contribution < 1.29 is 23.9 Å². The first-order valence-electron chi connectivity index (χ1n) is 12.4. The second-order valence-electron chi connectivity index (χ2n) is 8.77. The summed E-state index contributed by atoms with van der Waals surface area (Å²) in [7, 11) is 1.22. The van der Waals surface area contributed by atoms with Gasteiger partial charge in [-0.1, -0.05) is 23.8 Å². The van der Waals surface area contributed by atoms with Crippen LogP contribution in [-0.2, 0) is 20.7 Å². The zero-order valence-corrected chi connectivity index (χ0v) is 22.3. The molecule has 1 aromatic heterocycles. The summed E-state index contributed by atoms with van der Waals surface area (Å²) in [5, 5.41) is 22.6. The van der Waals surface area contributed by atoms with Crippen molar-refractivity contribution in [1.29, 1.82) is 0 Å². The van der Waals surface area contributed by atoms with Gasteiger partial charge in [0.05, 0.1) is 24.0 Å². The van der Waals surface area contributed by atoms with Gasteiger partial charge in [0.1, 0.15) is 12.4 Å². The zero-order valence-electron chi connectivity index (χ0n) is 21.5. The first-order chi connectivity index (χ1) is 19.3. The molecule has 3 aromatic rings. The summed E-state index contributed by atoms with van der Waals surface area (Å²) in [5.41, 5.74) is 2.20. The molecule has 4 amide bonds. The first-order valence-corrected chi connectivity index (χ1v) is 12.8. The largest absolute Gasteiger partial charge is 0.453 e. The highest BCUT2D eigenvalue weighted by Crippen LogP contribution is 2.23. The number of nitrogens with zero attached hydrogens (tertiary/aromatic N) is 4. The van der Waals surface area contributed by atoms with E-state index >= 15 is 0 Å². The molecule has 208 valence electrons. The van der Waals surface area contributed by atoms with Crippen molar-refractivity contribution in [2.24, 2.45) is 0 Å². The summed E-state index contributed by atoms with van der Waals surface area (Å²) < 4.78 is 6.11. The number of aromatic nitrogens is 4. The van der Waals surface area contributed by atoms with Gasteiger partial charge < -0.3 is 20.7 Å². The Bertz CT molecular complexity index is 1430. The Balaban J connectivity index is 1.48. The minimum atomic E-state index is -0.877. The van der Waals surface area contributed by atoms with E-state index in [9.17, 15) is 19.2 Å². The fourth-order valence-electron chi connectivity index (χ4n) is 4.03. The number of anilines is 2. The second-order valence-corrected chi connectivity index (χ2v) is 9.20. The number of amides is 4. The third kappa shape index (κ3) is 7.41. The Labute approximate surface area is 234 Å². The number of halogens is 1. The van der Waals surface area contributed by atoms with Gasteiger partial charge in [-0.2, -0.15) is 0 Å². The summed E-state index contributed by atoms with van der Waals surface area (Å²) in [5.74, 6) is -1.24. The van der Waals surface area contributed by atoms with Gasteiger partial charge in [-0.15, -0.1) is 5.10 Å². The molecule has 40 heavy (non-hydrogen) atoms. The van der Waals surface area contributed by atoms with Gasteiger partial charge in [0.15, 0.2) is 0 Å². The number of carbonyl (C=O) groups excluding carboxylic acids is 4. The molecule has 13 nitrogen and oxygen atoms in total. The highest BCUT2D eigenvalue weighted by molar-refractivity contribution is 6.30. The van der Waals surface area contributed by atoms with Crippen LogP contribution in [0.5, 0.6) is 0 Å². The molecule has 0 radical (unpaired) electrons. The lowest BCUT2D eigenvalue weighted by atomic mass is 10.1. The molecule has 1 atom stereocenters. The highest BCUT2D eigenvalue weighted by atomic mass is 35.5. The monoisotopic (exact) mass is 566 g/mol. The topological polar surface area (TPSA) is 169 Å². The molecule has 0 unspecified atom stereocenters. The highest BCUT2D eigenvalue weighted by Gasteiger charge is 2.23. The molecule has 14 heteroatoms. The van der Waals surface area contributed by atoms with E-state index in [-0.39, 0.29) is 42.5 Å². The van der Waals surface area contributed by atoms with Crippen molar-refractivity contribution in [1.82, 2.24) is 30.8 Å². The van der Waals surface area contributed by atoms with Crippen molar-refractivity contribution >= 4 is 46.8 Å². The lowest BCUT2D eigenvalue weighted by molar-refractivity contribution is -0.123. The maximum absolute atomic E-state index is 13.2. The molecule has 4 N–H and O–H groups in total. The number of benzene rings is 2. The van der Waals surface area contributed by atoms with Crippen LogP contribution in [0.3, 0.4) is 0 Å². The average molecular weight is 567 g/mol. The van der Waals surface area contributed by atoms with Crippen LogP contribution in [0.2, 0.25) is 5.02 Å². The Morgan fingerprint density at radius 3 is 2.80 bits per heavy atom. The summed E-state index contributed by atoms with van der Waals surface area (Å²) >= 11 is 6.18. The Morgan fingerprint density at radius 1 is 1.18 bits per heavy atom. The van der Waals surface area contributed by atoms with E-state index in [4.69, 9.17) is 11.6 Å². The molecule has 1 aliphatic heterocycles. The maximum Gasteiger partial charge on any atom is 0.411 e. The Kier molecular flexibility index (Phi) is 9.41. The van der Waals surface area contributed by atoms with Gasteiger partial charge >= 0.3 is 6.09 Å². The van der Waals surface area contributed by atoms with Gasteiger partial charge in [0.2, 0.25) is 11.8 Å². The molecule has 0 spiro atoms. The van der Waals surface area contributed by atoms with Crippen molar-refractivity contribution in [2.45, 2.75) is 31.7 Å². The molecule has 0 aliphatic carbocycles. The van der Waals surface area contributed by atoms with Crippen molar-refractivity contribution in [3.05, 3.63) is 71.0 Å². The lowest BCUT2D eigenvalue weighted by Crippen LogP contribution is -2.47. The van der Waals surface area contributed by atoms with Crippen LogP contribution in [-0.4, -0.2) is 63.7 Å². The second kappa shape index (κ2) is 13.3. The molecular weight excluding hydrogens is 540 g/mol. The van der Waals surface area contributed by atoms with Gasteiger partial charge in [-0.05, 0) is 71.7 Å². The zero-order chi connectivity index (χ0) is 28.5. The van der Waals surface area contributed by atoms with Crippen molar-refractivity contribution in [2.75, 3.05) is 24.3 Å². The average Bonchev–Trinajstić information content (AvgIpc) is 3.46. The standard InChI is InChI=1S/C26H27ClN8O5/c1-40-26(39)30-18-8-9-19-21(14-18)31-23(36)6-4-2-3-5-20(32-24(19)37)25(38)28-12-11-16-13-17(27)7-10-22(16)35-15-29-33-34-35/h2-3,7-10,13-15,20H,4-6,11-12H2,1H3,(H,28,38)(H,30,39)(H,31,36)(H,32,37)/b3-2+/t20-/m1/s1. The van der Waals surface area contributed by atoms with E-state index in [1.165, 1.54) is 36.3 Å². The van der Waals surface area contributed by atoms with E-state index in [1.807, 2.05) is 0 Å². The molecule has 0 saturated heterocycles. The Morgan fingerprint density at radius 2 is 2.02 bits per heavy atom. The molecule has 1 aliphatic rings. The minimum absolute atomic E-state index is 0.135. The van der Waals surface area contributed by atoms with E-state index < -0.39 is 18.0 Å². The lowest BCUT2D eigenvalue weighted by Gasteiger charge is -2.20. The fraction of sp³-hybridized carbons (Fsp3) is 0.269. The molecule has 2 aromatic carbocycles. The van der Waals surface area contributed by atoms with Gasteiger partial charge in [0, 0.05) is 23.7 Å². The van der Waals surface area contributed by atoms with Crippen LogP contribution in [0, 0.1) is 0 Å². The van der Waals surface area contributed by atoms with Crippen molar-refractivity contribution in [3.63, 3.8) is 0 Å². The number of hydrogen-bond donors (Lipinski definition) is 4. The number of fused-ring (bicyclic) bond motifs is 1. The van der Waals surface area contributed by atoms with Crippen LogP contribution < -0.4 is 21.3 Å². The quantitative estimate of drug-likeness (QED) is 0.330. The van der Waals surface area contributed by atoms with Crippen LogP contribution >= 0.6 is 11.6 Å². The van der Waals surface area contributed by atoms with Gasteiger partial charge in [0.25, 0.3) is 5.91 Å². The molecule has 0 saturated carbocycles. The first kappa shape index (κ1) is 28.2. The van der Waals surface area contributed by atoms with E-state index in [0.29, 0.717) is 23.6 Å². The van der Waals surface area contributed by atoms with Crippen molar-refractivity contribution in [3.8, 4) is 5.69 Å². The fourth-order valence-corrected chi connectivity index (χ4v) is 4.22. The summed E-state index contributed by atoms with van der Waals surface area (Å²) in [6.07, 6.45) is 5.59. The van der Waals surface area contributed by atoms with Crippen LogP contribution in [0.1, 0.15) is 35.2 Å². The number of carbonyl (C=O) groups is 4.